The van der Waals surface area contributed by atoms with Crippen molar-refractivity contribution in [3.05, 3.63) is 42.7 Å². The smallest absolute Gasteiger partial charge is 0.228 e. The molecule has 1 aromatic heterocycles. The highest BCUT2D eigenvalue weighted by atomic mass is 19.1. The van der Waals surface area contributed by atoms with Gasteiger partial charge in [0.25, 0.3) is 0 Å². The Kier molecular flexibility index (Phi) is 5.25. The summed E-state index contributed by atoms with van der Waals surface area (Å²) in [6, 6.07) is 10.0. The lowest BCUT2D eigenvalue weighted by Crippen LogP contribution is -2.51. The molecule has 0 bridgehead atoms. The van der Waals surface area contributed by atoms with Crippen LogP contribution in [0.4, 0.5) is 21.7 Å². The number of benzene rings is 1. The molecule has 7 nitrogen and oxygen atoms in total. The summed E-state index contributed by atoms with van der Waals surface area (Å²) >= 11 is 0. The van der Waals surface area contributed by atoms with E-state index < -0.39 is 6.17 Å². The Morgan fingerprint density at radius 3 is 2.40 bits per heavy atom. The van der Waals surface area contributed by atoms with E-state index >= 15 is 0 Å². The van der Waals surface area contributed by atoms with E-state index in [0.29, 0.717) is 25.9 Å². The van der Waals surface area contributed by atoms with Gasteiger partial charge in [-0.05, 0) is 30.7 Å². The summed E-state index contributed by atoms with van der Waals surface area (Å²) in [5.41, 5.74) is 1.92. The lowest BCUT2D eigenvalue weighted by Gasteiger charge is -2.37. The van der Waals surface area contributed by atoms with Crippen molar-refractivity contribution in [2.24, 2.45) is 0 Å². The van der Waals surface area contributed by atoms with Gasteiger partial charge in [-0.25, -0.2) is 14.4 Å². The molecular formula is C22H27FN6O. The van der Waals surface area contributed by atoms with Gasteiger partial charge < -0.3 is 14.7 Å². The van der Waals surface area contributed by atoms with E-state index in [-0.39, 0.29) is 11.9 Å². The van der Waals surface area contributed by atoms with E-state index in [1.807, 2.05) is 35.2 Å². The summed E-state index contributed by atoms with van der Waals surface area (Å²) in [5, 5.41) is 0. The maximum absolute atomic E-state index is 13.6. The predicted octanol–water partition coefficient (Wildman–Crippen LogP) is 1.95. The monoisotopic (exact) mass is 410 g/mol. The Balaban J connectivity index is 1.22. The molecule has 0 radical (unpaired) electrons. The number of hydrogen-bond acceptors (Lipinski definition) is 6. The topological polar surface area (TPSA) is 55.8 Å². The van der Waals surface area contributed by atoms with Crippen molar-refractivity contribution < 1.29 is 9.18 Å². The number of carbonyl (C=O) groups is 1. The first-order valence-corrected chi connectivity index (χ1v) is 10.7. The Hall–Kier alpha value is -2.74. The first-order valence-electron chi connectivity index (χ1n) is 10.7. The van der Waals surface area contributed by atoms with Crippen LogP contribution in [0.2, 0.25) is 0 Å². The van der Waals surface area contributed by atoms with Gasteiger partial charge in [-0.1, -0.05) is 6.07 Å². The third-order valence-electron chi connectivity index (χ3n) is 6.41. The zero-order chi connectivity index (χ0) is 20.5. The number of nitrogens with zero attached hydrogens (tertiary/aromatic N) is 6. The zero-order valence-electron chi connectivity index (χ0n) is 17.0. The van der Waals surface area contributed by atoms with Crippen LogP contribution in [0.1, 0.15) is 12.8 Å². The van der Waals surface area contributed by atoms with E-state index in [2.05, 4.69) is 24.7 Å². The Bertz CT molecular complexity index is 888. The van der Waals surface area contributed by atoms with Crippen molar-refractivity contribution in [1.82, 2.24) is 14.9 Å². The summed E-state index contributed by atoms with van der Waals surface area (Å²) in [7, 11) is 0. The first-order chi connectivity index (χ1) is 14.7. The normalized spacial score (nSPS) is 25.4. The molecular weight excluding hydrogens is 383 g/mol. The minimum atomic E-state index is -0.758. The minimum absolute atomic E-state index is 0.163. The number of anilines is 3. The van der Waals surface area contributed by atoms with E-state index in [9.17, 15) is 9.18 Å². The van der Waals surface area contributed by atoms with Crippen LogP contribution in [-0.2, 0) is 4.79 Å². The average molecular weight is 410 g/mol. The van der Waals surface area contributed by atoms with Crippen molar-refractivity contribution in [2.75, 3.05) is 60.5 Å². The number of piperazine rings is 1. The molecule has 1 aromatic carbocycles. The van der Waals surface area contributed by atoms with Gasteiger partial charge in [0.05, 0.1) is 0 Å². The maximum atomic E-state index is 13.6. The highest BCUT2D eigenvalue weighted by molar-refractivity contribution is 5.96. The van der Waals surface area contributed by atoms with Gasteiger partial charge in [0, 0.05) is 82.0 Å². The van der Waals surface area contributed by atoms with Gasteiger partial charge >= 0.3 is 0 Å². The minimum Gasteiger partial charge on any atom is -0.368 e. The van der Waals surface area contributed by atoms with Gasteiger partial charge in [0.2, 0.25) is 11.9 Å². The van der Waals surface area contributed by atoms with E-state index in [1.165, 1.54) is 0 Å². The van der Waals surface area contributed by atoms with Crippen LogP contribution in [0.25, 0.3) is 0 Å². The highest BCUT2D eigenvalue weighted by Gasteiger charge is 2.36. The molecule has 5 rings (SSSR count). The molecule has 3 aliphatic heterocycles. The third kappa shape index (κ3) is 3.84. The maximum Gasteiger partial charge on any atom is 0.228 e. The lowest BCUT2D eigenvalue weighted by atomic mass is 10.2. The number of alkyl halides is 1. The molecule has 3 fully saturated rings. The second-order valence-electron chi connectivity index (χ2n) is 8.29. The molecule has 4 heterocycles. The van der Waals surface area contributed by atoms with Gasteiger partial charge in [-0.2, -0.15) is 0 Å². The average Bonchev–Trinajstić information content (AvgIpc) is 3.40. The summed E-state index contributed by atoms with van der Waals surface area (Å²) in [6.07, 6.45) is 3.90. The molecule has 0 N–H and O–H groups in total. The van der Waals surface area contributed by atoms with Crippen molar-refractivity contribution in [1.29, 1.82) is 0 Å². The number of halogens is 1. The van der Waals surface area contributed by atoms with Gasteiger partial charge in [0.15, 0.2) is 0 Å². The van der Waals surface area contributed by atoms with Gasteiger partial charge in [0.1, 0.15) is 6.17 Å². The zero-order valence-corrected chi connectivity index (χ0v) is 17.0. The third-order valence-corrected chi connectivity index (χ3v) is 6.41. The molecule has 3 aliphatic rings. The molecule has 8 heteroatoms. The molecule has 158 valence electrons. The van der Waals surface area contributed by atoms with E-state index in [4.69, 9.17) is 0 Å². The number of amides is 1. The second kappa shape index (κ2) is 8.18. The van der Waals surface area contributed by atoms with Gasteiger partial charge in [-0.3, -0.25) is 9.69 Å². The lowest BCUT2D eigenvalue weighted by molar-refractivity contribution is -0.117. The number of aromatic nitrogens is 2. The molecule has 3 saturated heterocycles. The Morgan fingerprint density at radius 1 is 0.900 bits per heavy atom. The fourth-order valence-electron chi connectivity index (χ4n) is 4.73. The fraction of sp³-hybridized carbons (Fsp3) is 0.500. The number of hydrogen-bond donors (Lipinski definition) is 0. The van der Waals surface area contributed by atoms with Crippen molar-refractivity contribution in [3.8, 4) is 0 Å². The van der Waals surface area contributed by atoms with Gasteiger partial charge in [-0.15, -0.1) is 0 Å². The molecule has 2 atom stereocenters. The Labute approximate surface area is 176 Å². The molecule has 0 aliphatic carbocycles. The predicted molar refractivity (Wildman–Crippen MR) is 115 cm³/mol. The van der Waals surface area contributed by atoms with Crippen LogP contribution >= 0.6 is 0 Å². The standard InChI is InChI=1S/C22H27FN6O/c23-17-5-8-28(15-17)18-3-1-4-19(13-18)29-16-20(14-21(29)30)26-9-11-27(12-10-26)22-24-6-2-7-25-22/h1-4,6-7,13,17,20H,5,8-12,14-16H2/t17-,20?/m0/s1. The van der Waals surface area contributed by atoms with Crippen LogP contribution in [-0.4, -0.2) is 78.8 Å². The fourth-order valence-corrected chi connectivity index (χ4v) is 4.73. The van der Waals surface area contributed by atoms with Crippen molar-refractivity contribution in [3.63, 3.8) is 0 Å². The summed E-state index contributed by atoms with van der Waals surface area (Å²) in [6.45, 7) is 5.40. The molecule has 0 spiro atoms. The highest BCUT2D eigenvalue weighted by Crippen LogP contribution is 2.30. The molecule has 1 unspecified atom stereocenters. The van der Waals surface area contributed by atoms with Crippen LogP contribution in [0.5, 0.6) is 0 Å². The van der Waals surface area contributed by atoms with Crippen LogP contribution in [0.15, 0.2) is 42.7 Å². The van der Waals surface area contributed by atoms with E-state index in [0.717, 1.165) is 50.0 Å². The summed E-state index contributed by atoms with van der Waals surface area (Å²) < 4.78 is 13.6. The van der Waals surface area contributed by atoms with Crippen LogP contribution < -0.4 is 14.7 Å². The number of rotatable bonds is 4. The molecule has 30 heavy (non-hydrogen) atoms. The quantitative estimate of drug-likeness (QED) is 0.768. The van der Waals surface area contributed by atoms with Crippen LogP contribution in [0, 0.1) is 0 Å². The van der Waals surface area contributed by atoms with Crippen LogP contribution in [0.3, 0.4) is 0 Å². The van der Waals surface area contributed by atoms with Crippen molar-refractivity contribution in [2.45, 2.75) is 25.1 Å². The summed E-state index contributed by atoms with van der Waals surface area (Å²) in [4.78, 5) is 30.0. The molecule has 0 saturated carbocycles. The Morgan fingerprint density at radius 2 is 1.67 bits per heavy atom. The van der Waals surface area contributed by atoms with E-state index in [1.54, 1.807) is 12.4 Å². The van der Waals surface area contributed by atoms with Crippen molar-refractivity contribution >= 4 is 23.2 Å². The molecule has 2 aromatic rings. The molecule has 1 amide bonds. The largest absolute Gasteiger partial charge is 0.368 e. The SMILES string of the molecule is O=C1CC(N2CCN(c3ncccn3)CC2)CN1c1cccc(N2CC[C@H](F)C2)c1. The summed E-state index contributed by atoms with van der Waals surface area (Å²) in [5.74, 6) is 0.936. The second-order valence-corrected chi connectivity index (χ2v) is 8.29. The number of carbonyl (C=O) groups excluding carboxylic acids is 1. The first kappa shape index (κ1) is 19.2.